The number of hydrogen-bond donors (Lipinski definition) is 1. The molecule has 2 aliphatic heterocycles. The fraction of sp³-hybridized carbons (Fsp3) is 0.923. The van der Waals surface area contributed by atoms with Crippen LogP contribution in [0.1, 0.15) is 39.0 Å². The van der Waals surface area contributed by atoms with Crippen LogP contribution in [0.25, 0.3) is 0 Å². The van der Waals surface area contributed by atoms with Gasteiger partial charge in [0.2, 0.25) is 5.91 Å². The lowest BCUT2D eigenvalue weighted by Gasteiger charge is -2.30. The molecule has 98 valence electrons. The van der Waals surface area contributed by atoms with E-state index in [4.69, 9.17) is 5.73 Å². The van der Waals surface area contributed by atoms with Crippen LogP contribution in [0, 0.1) is 0 Å². The molecule has 0 bridgehead atoms. The Morgan fingerprint density at radius 1 is 1.18 bits per heavy atom. The SMILES string of the molecule is CC(C(=O)N1CC[C@@H](N)C1)N1CCCCCC1. The third kappa shape index (κ3) is 3.19. The Morgan fingerprint density at radius 3 is 2.35 bits per heavy atom. The molecule has 4 nitrogen and oxygen atoms in total. The zero-order valence-corrected chi connectivity index (χ0v) is 10.9. The second-order valence-corrected chi connectivity index (χ2v) is 5.46. The summed E-state index contributed by atoms with van der Waals surface area (Å²) in [5, 5.41) is 0. The maximum Gasteiger partial charge on any atom is 0.239 e. The van der Waals surface area contributed by atoms with Gasteiger partial charge in [-0.15, -0.1) is 0 Å². The van der Waals surface area contributed by atoms with Gasteiger partial charge in [-0.2, -0.15) is 0 Å². The van der Waals surface area contributed by atoms with Crippen molar-refractivity contribution in [3.8, 4) is 0 Å². The van der Waals surface area contributed by atoms with E-state index < -0.39 is 0 Å². The number of amides is 1. The van der Waals surface area contributed by atoms with Crippen molar-refractivity contribution in [1.82, 2.24) is 9.80 Å². The molecule has 0 saturated carbocycles. The molecular formula is C13H25N3O. The van der Waals surface area contributed by atoms with Crippen molar-refractivity contribution in [2.24, 2.45) is 5.73 Å². The Morgan fingerprint density at radius 2 is 1.82 bits per heavy atom. The van der Waals surface area contributed by atoms with Crippen molar-refractivity contribution in [2.75, 3.05) is 26.2 Å². The average molecular weight is 239 g/mol. The van der Waals surface area contributed by atoms with E-state index in [0.29, 0.717) is 0 Å². The van der Waals surface area contributed by atoms with Crippen LogP contribution >= 0.6 is 0 Å². The molecule has 0 spiro atoms. The molecule has 0 aromatic heterocycles. The third-order valence-electron chi connectivity index (χ3n) is 4.08. The molecule has 2 fully saturated rings. The predicted molar refractivity (Wildman–Crippen MR) is 68.7 cm³/mol. The van der Waals surface area contributed by atoms with Crippen LogP contribution < -0.4 is 5.73 Å². The monoisotopic (exact) mass is 239 g/mol. The molecule has 2 saturated heterocycles. The van der Waals surface area contributed by atoms with Crippen LogP contribution in [0.4, 0.5) is 0 Å². The lowest BCUT2D eigenvalue weighted by molar-refractivity contribution is -0.135. The summed E-state index contributed by atoms with van der Waals surface area (Å²) in [6, 6.07) is 0.230. The van der Waals surface area contributed by atoms with E-state index >= 15 is 0 Å². The molecule has 1 amide bonds. The lowest BCUT2D eigenvalue weighted by atomic mass is 10.2. The van der Waals surface area contributed by atoms with Crippen molar-refractivity contribution in [2.45, 2.75) is 51.1 Å². The Bertz CT molecular complexity index is 261. The van der Waals surface area contributed by atoms with E-state index in [1.807, 2.05) is 4.90 Å². The number of hydrogen-bond acceptors (Lipinski definition) is 3. The summed E-state index contributed by atoms with van der Waals surface area (Å²) in [6.45, 7) is 5.80. The summed E-state index contributed by atoms with van der Waals surface area (Å²) in [5.74, 6) is 0.278. The number of likely N-dealkylation sites (tertiary alicyclic amines) is 2. The molecule has 0 radical (unpaired) electrons. The summed E-state index contributed by atoms with van der Waals surface area (Å²) in [6.07, 6.45) is 6.05. The van der Waals surface area contributed by atoms with Crippen molar-refractivity contribution in [3.63, 3.8) is 0 Å². The Hall–Kier alpha value is -0.610. The molecule has 1 unspecified atom stereocenters. The molecule has 2 aliphatic rings. The van der Waals surface area contributed by atoms with Gasteiger partial charge >= 0.3 is 0 Å². The molecule has 2 rings (SSSR count). The van der Waals surface area contributed by atoms with Crippen molar-refractivity contribution < 1.29 is 4.79 Å². The highest BCUT2D eigenvalue weighted by atomic mass is 16.2. The molecule has 2 heterocycles. The number of carbonyl (C=O) groups excluding carboxylic acids is 1. The van der Waals surface area contributed by atoms with Crippen molar-refractivity contribution in [3.05, 3.63) is 0 Å². The van der Waals surface area contributed by atoms with Crippen molar-refractivity contribution >= 4 is 5.91 Å². The number of carbonyl (C=O) groups is 1. The van der Waals surface area contributed by atoms with Crippen LogP contribution in [-0.2, 0) is 4.79 Å². The summed E-state index contributed by atoms with van der Waals surface area (Å²) in [7, 11) is 0. The van der Waals surface area contributed by atoms with Crippen LogP contribution in [0.2, 0.25) is 0 Å². The van der Waals surface area contributed by atoms with Gasteiger partial charge in [0.15, 0.2) is 0 Å². The van der Waals surface area contributed by atoms with Crippen LogP contribution in [0.3, 0.4) is 0 Å². The minimum absolute atomic E-state index is 0.0402. The first kappa shape index (κ1) is 12.8. The molecule has 2 N–H and O–H groups in total. The van der Waals surface area contributed by atoms with E-state index in [2.05, 4.69) is 11.8 Å². The number of rotatable bonds is 2. The van der Waals surface area contributed by atoms with Gasteiger partial charge in [-0.3, -0.25) is 9.69 Å². The van der Waals surface area contributed by atoms with Crippen LogP contribution in [0.15, 0.2) is 0 Å². The zero-order chi connectivity index (χ0) is 12.3. The fourth-order valence-corrected chi connectivity index (χ4v) is 2.89. The molecule has 0 aliphatic carbocycles. The second kappa shape index (κ2) is 5.83. The summed E-state index contributed by atoms with van der Waals surface area (Å²) < 4.78 is 0. The normalized spacial score (nSPS) is 29.1. The summed E-state index contributed by atoms with van der Waals surface area (Å²) in [5.41, 5.74) is 5.86. The van der Waals surface area contributed by atoms with Gasteiger partial charge in [0.1, 0.15) is 0 Å². The standard InChI is InChI=1S/C13H25N3O/c1-11(15-7-4-2-3-5-8-15)13(17)16-9-6-12(14)10-16/h11-12H,2-10,14H2,1H3/t11?,12-/m1/s1. The van der Waals surface area contributed by atoms with E-state index in [-0.39, 0.29) is 18.0 Å². The quantitative estimate of drug-likeness (QED) is 0.776. The molecular weight excluding hydrogens is 214 g/mol. The lowest BCUT2D eigenvalue weighted by Crippen LogP contribution is -2.47. The minimum Gasteiger partial charge on any atom is -0.340 e. The molecule has 0 aromatic carbocycles. The highest BCUT2D eigenvalue weighted by molar-refractivity contribution is 5.81. The zero-order valence-electron chi connectivity index (χ0n) is 10.9. The number of nitrogens with zero attached hydrogens (tertiary/aromatic N) is 2. The van der Waals surface area contributed by atoms with Gasteiger partial charge < -0.3 is 10.6 Å². The van der Waals surface area contributed by atoms with E-state index in [0.717, 1.165) is 32.6 Å². The highest BCUT2D eigenvalue weighted by Gasteiger charge is 2.30. The van der Waals surface area contributed by atoms with Gasteiger partial charge in [-0.25, -0.2) is 0 Å². The van der Waals surface area contributed by atoms with Gasteiger partial charge in [-0.05, 0) is 39.3 Å². The van der Waals surface area contributed by atoms with E-state index in [9.17, 15) is 4.79 Å². The molecule has 2 atom stereocenters. The molecule has 17 heavy (non-hydrogen) atoms. The third-order valence-corrected chi connectivity index (χ3v) is 4.08. The minimum atomic E-state index is 0.0402. The summed E-state index contributed by atoms with van der Waals surface area (Å²) in [4.78, 5) is 16.6. The maximum atomic E-state index is 12.3. The molecule has 4 heteroatoms. The Balaban J connectivity index is 1.89. The Kier molecular flexibility index (Phi) is 4.40. The van der Waals surface area contributed by atoms with Gasteiger partial charge in [0.25, 0.3) is 0 Å². The number of nitrogens with two attached hydrogens (primary N) is 1. The maximum absolute atomic E-state index is 12.3. The second-order valence-electron chi connectivity index (χ2n) is 5.46. The van der Waals surface area contributed by atoms with Gasteiger partial charge in [0, 0.05) is 19.1 Å². The first-order chi connectivity index (χ1) is 8.18. The van der Waals surface area contributed by atoms with Gasteiger partial charge in [0.05, 0.1) is 6.04 Å². The first-order valence-corrected chi connectivity index (χ1v) is 6.97. The average Bonchev–Trinajstić information content (AvgIpc) is 2.60. The Labute approximate surface area is 104 Å². The van der Waals surface area contributed by atoms with Crippen LogP contribution in [-0.4, -0.2) is 54.0 Å². The topological polar surface area (TPSA) is 49.6 Å². The predicted octanol–water partition coefficient (Wildman–Crippen LogP) is 0.811. The van der Waals surface area contributed by atoms with Crippen molar-refractivity contribution in [1.29, 1.82) is 0 Å². The van der Waals surface area contributed by atoms with Crippen LogP contribution in [0.5, 0.6) is 0 Å². The van der Waals surface area contributed by atoms with Gasteiger partial charge in [-0.1, -0.05) is 12.8 Å². The fourth-order valence-electron chi connectivity index (χ4n) is 2.89. The van der Waals surface area contributed by atoms with E-state index in [1.165, 1.54) is 25.7 Å². The largest absolute Gasteiger partial charge is 0.340 e. The van der Waals surface area contributed by atoms with E-state index in [1.54, 1.807) is 0 Å². The first-order valence-electron chi connectivity index (χ1n) is 6.97. The molecule has 0 aromatic rings. The smallest absolute Gasteiger partial charge is 0.239 e. The highest BCUT2D eigenvalue weighted by Crippen LogP contribution is 2.16. The summed E-state index contributed by atoms with van der Waals surface area (Å²) >= 11 is 0.